The van der Waals surface area contributed by atoms with Gasteiger partial charge < -0.3 is 9.84 Å². The molecule has 0 unspecified atom stereocenters. The summed E-state index contributed by atoms with van der Waals surface area (Å²) in [5, 5.41) is 9.31. The van der Waals surface area contributed by atoms with E-state index in [0.29, 0.717) is 18.9 Å². The van der Waals surface area contributed by atoms with Gasteiger partial charge in [0, 0.05) is 0 Å². The molecular weight excluding hydrogens is 168 g/mol. The first-order chi connectivity index (χ1) is 6.07. The van der Waals surface area contributed by atoms with Crippen LogP contribution in [0.5, 0.6) is 0 Å². The molecule has 3 nitrogen and oxygen atoms in total. The average molecular weight is 188 g/mol. The fourth-order valence-electron chi connectivity index (χ4n) is 0.956. The minimum Gasteiger partial charge on any atom is -0.464 e. The summed E-state index contributed by atoms with van der Waals surface area (Å²) in [6.45, 7) is 6.37. The van der Waals surface area contributed by atoms with Crippen molar-refractivity contribution in [2.45, 2.75) is 46.1 Å². The summed E-state index contributed by atoms with van der Waals surface area (Å²) in [5.41, 5.74) is 0. The summed E-state index contributed by atoms with van der Waals surface area (Å²) in [6, 6.07) is 0. The van der Waals surface area contributed by atoms with E-state index in [1.807, 2.05) is 20.8 Å². The summed E-state index contributed by atoms with van der Waals surface area (Å²) >= 11 is 0. The van der Waals surface area contributed by atoms with Gasteiger partial charge in [-0.1, -0.05) is 27.2 Å². The van der Waals surface area contributed by atoms with Crippen molar-refractivity contribution in [1.82, 2.24) is 0 Å². The topological polar surface area (TPSA) is 46.5 Å². The lowest BCUT2D eigenvalue weighted by Gasteiger charge is -2.11. The van der Waals surface area contributed by atoms with Gasteiger partial charge in [-0.05, 0) is 18.8 Å². The number of aliphatic hydroxyl groups is 1. The number of esters is 1. The van der Waals surface area contributed by atoms with Gasteiger partial charge in [0.25, 0.3) is 0 Å². The molecule has 78 valence electrons. The van der Waals surface area contributed by atoms with Crippen LogP contribution in [-0.2, 0) is 9.53 Å². The van der Waals surface area contributed by atoms with E-state index in [2.05, 4.69) is 0 Å². The van der Waals surface area contributed by atoms with E-state index in [4.69, 9.17) is 4.74 Å². The van der Waals surface area contributed by atoms with Crippen LogP contribution in [0.2, 0.25) is 0 Å². The van der Waals surface area contributed by atoms with E-state index in [9.17, 15) is 9.90 Å². The highest BCUT2D eigenvalue weighted by Gasteiger charge is 2.17. The molecule has 0 aromatic rings. The fraction of sp³-hybridized carbons (Fsp3) is 0.900. The zero-order valence-corrected chi connectivity index (χ0v) is 8.75. The third-order valence-electron chi connectivity index (χ3n) is 1.71. The summed E-state index contributed by atoms with van der Waals surface area (Å²) in [5.74, 6) is -0.170. The van der Waals surface area contributed by atoms with Crippen molar-refractivity contribution in [3.8, 4) is 0 Å². The van der Waals surface area contributed by atoms with Crippen LogP contribution >= 0.6 is 0 Å². The van der Waals surface area contributed by atoms with Gasteiger partial charge in [0.1, 0.15) is 0 Å². The molecule has 0 aromatic heterocycles. The van der Waals surface area contributed by atoms with Gasteiger partial charge in [-0.3, -0.25) is 0 Å². The highest BCUT2D eigenvalue weighted by atomic mass is 16.5. The Balaban J connectivity index is 3.57. The maximum Gasteiger partial charge on any atom is 0.334 e. The SMILES string of the molecule is CCCCOC(=O)[C@H](O)CC(C)C. The lowest BCUT2D eigenvalue weighted by Crippen LogP contribution is -2.24. The Morgan fingerprint density at radius 1 is 1.46 bits per heavy atom. The van der Waals surface area contributed by atoms with Crippen molar-refractivity contribution >= 4 is 5.97 Å². The van der Waals surface area contributed by atoms with Crippen molar-refractivity contribution in [2.75, 3.05) is 6.61 Å². The van der Waals surface area contributed by atoms with Crippen LogP contribution in [0.25, 0.3) is 0 Å². The molecule has 0 fully saturated rings. The highest BCUT2D eigenvalue weighted by molar-refractivity contribution is 5.74. The maximum atomic E-state index is 11.1. The van der Waals surface area contributed by atoms with Gasteiger partial charge in [0.05, 0.1) is 6.61 Å². The minimum absolute atomic E-state index is 0.314. The molecule has 0 bridgehead atoms. The zero-order valence-electron chi connectivity index (χ0n) is 8.75. The van der Waals surface area contributed by atoms with E-state index >= 15 is 0 Å². The van der Waals surface area contributed by atoms with E-state index in [1.165, 1.54) is 0 Å². The van der Waals surface area contributed by atoms with Gasteiger partial charge >= 0.3 is 5.97 Å². The molecule has 0 saturated carbocycles. The molecule has 0 heterocycles. The molecule has 0 rings (SSSR count). The molecule has 0 amide bonds. The number of rotatable bonds is 6. The molecular formula is C10H20O3. The molecule has 0 aromatic carbocycles. The van der Waals surface area contributed by atoms with Gasteiger partial charge in [0.2, 0.25) is 0 Å². The van der Waals surface area contributed by atoms with Crippen LogP contribution < -0.4 is 0 Å². The van der Waals surface area contributed by atoms with Gasteiger partial charge in [-0.15, -0.1) is 0 Å². The van der Waals surface area contributed by atoms with E-state index in [1.54, 1.807) is 0 Å². The monoisotopic (exact) mass is 188 g/mol. The number of carbonyl (C=O) groups is 1. The second-order valence-corrected chi connectivity index (χ2v) is 3.67. The predicted molar refractivity (Wildman–Crippen MR) is 51.3 cm³/mol. The molecule has 1 atom stereocenters. The third kappa shape index (κ3) is 6.58. The number of ether oxygens (including phenoxy) is 1. The first-order valence-electron chi connectivity index (χ1n) is 4.92. The van der Waals surface area contributed by atoms with Crippen molar-refractivity contribution < 1.29 is 14.6 Å². The second kappa shape index (κ2) is 6.89. The average Bonchev–Trinajstić information content (AvgIpc) is 2.03. The highest BCUT2D eigenvalue weighted by Crippen LogP contribution is 2.06. The Bertz CT molecular complexity index is 143. The summed E-state index contributed by atoms with van der Waals surface area (Å²) in [6.07, 6.45) is 1.38. The molecule has 13 heavy (non-hydrogen) atoms. The molecule has 0 radical (unpaired) electrons. The zero-order chi connectivity index (χ0) is 10.3. The lowest BCUT2D eigenvalue weighted by atomic mass is 10.1. The van der Waals surface area contributed by atoms with Gasteiger partial charge in [-0.25, -0.2) is 4.79 Å². The maximum absolute atomic E-state index is 11.1. The summed E-state index contributed by atoms with van der Waals surface area (Å²) < 4.78 is 4.86. The Kier molecular flexibility index (Phi) is 6.59. The number of unbranched alkanes of at least 4 members (excludes halogenated alkanes) is 1. The van der Waals surface area contributed by atoms with Crippen LogP contribution in [0.1, 0.15) is 40.0 Å². The Morgan fingerprint density at radius 2 is 2.08 bits per heavy atom. The van der Waals surface area contributed by atoms with Crippen LogP contribution in [0, 0.1) is 5.92 Å². The van der Waals surface area contributed by atoms with Crippen LogP contribution in [0.4, 0.5) is 0 Å². The first kappa shape index (κ1) is 12.4. The smallest absolute Gasteiger partial charge is 0.334 e. The molecule has 1 N–H and O–H groups in total. The molecule has 0 aliphatic heterocycles. The first-order valence-corrected chi connectivity index (χ1v) is 4.92. The van der Waals surface area contributed by atoms with E-state index < -0.39 is 12.1 Å². The largest absolute Gasteiger partial charge is 0.464 e. The quantitative estimate of drug-likeness (QED) is 0.510. The van der Waals surface area contributed by atoms with Crippen molar-refractivity contribution in [3.63, 3.8) is 0 Å². The van der Waals surface area contributed by atoms with Crippen LogP contribution in [0.3, 0.4) is 0 Å². The molecule has 3 heteroatoms. The summed E-state index contributed by atoms with van der Waals surface area (Å²) in [7, 11) is 0. The van der Waals surface area contributed by atoms with Crippen molar-refractivity contribution in [1.29, 1.82) is 0 Å². The summed E-state index contributed by atoms with van der Waals surface area (Å²) in [4.78, 5) is 11.1. The molecule has 0 spiro atoms. The van der Waals surface area contributed by atoms with Gasteiger partial charge in [0.15, 0.2) is 6.10 Å². The van der Waals surface area contributed by atoms with Crippen molar-refractivity contribution in [2.24, 2.45) is 5.92 Å². The minimum atomic E-state index is -0.947. The second-order valence-electron chi connectivity index (χ2n) is 3.67. The predicted octanol–water partition coefficient (Wildman–Crippen LogP) is 1.74. The van der Waals surface area contributed by atoms with Gasteiger partial charge in [-0.2, -0.15) is 0 Å². The number of carbonyl (C=O) groups excluding carboxylic acids is 1. The Labute approximate surface area is 80.1 Å². The third-order valence-corrected chi connectivity index (χ3v) is 1.71. The van der Waals surface area contributed by atoms with Crippen molar-refractivity contribution in [3.05, 3.63) is 0 Å². The fourth-order valence-corrected chi connectivity index (χ4v) is 0.956. The molecule has 0 aliphatic rings. The van der Waals surface area contributed by atoms with Crippen LogP contribution in [0.15, 0.2) is 0 Å². The van der Waals surface area contributed by atoms with E-state index in [0.717, 1.165) is 12.8 Å². The number of hydrogen-bond donors (Lipinski definition) is 1. The molecule has 0 saturated heterocycles. The number of aliphatic hydroxyl groups excluding tert-OH is 1. The van der Waals surface area contributed by atoms with E-state index in [-0.39, 0.29) is 0 Å². The Morgan fingerprint density at radius 3 is 2.54 bits per heavy atom. The molecule has 0 aliphatic carbocycles. The van der Waals surface area contributed by atoms with Crippen LogP contribution in [-0.4, -0.2) is 23.8 Å². The standard InChI is InChI=1S/C10H20O3/c1-4-5-6-13-10(12)9(11)7-8(2)3/h8-9,11H,4-7H2,1-3H3/t9-/m1/s1. The number of hydrogen-bond acceptors (Lipinski definition) is 3. The normalized spacial score (nSPS) is 13.0. The lowest BCUT2D eigenvalue weighted by molar-refractivity contribution is -0.154. The Hall–Kier alpha value is -0.570.